The van der Waals surface area contributed by atoms with E-state index < -0.39 is 6.61 Å². The molecule has 1 aromatic rings. The van der Waals surface area contributed by atoms with Gasteiger partial charge in [-0.1, -0.05) is 15.9 Å². The average molecular weight is 322 g/mol. The molecule has 1 N–H and O–H groups in total. The number of ether oxygens (including phenoxy) is 1. The smallest absolute Gasteiger partial charge is 0.387 e. The summed E-state index contributed by atoms with van der Waals surface area (Å²) in [5.74, 6) is 0.189. The second-order valence-corrected chi connectivity index (χ2v) is 5.22. The van der Waals surface area contributed by atoms with E-state index in [1.807, 2.05) is 4.90 Å². The van der Waals surface area contributed by atoms with Gasteiger partial charge >= 0.3 is 6.61 Å². The molecule has 0 spiro atoms. The first-order chi connectivity index (χ1) is 8.54. The number of aliphatic hydroxyl groups is 1. The third-order valence-corrected chi connectivity index (χ3v) is 3.37. The lowest BCUT2D eigenvalue weighted by Crippen LogP contribution is -2.22. The molecule has 1 saturated heterocycles. The number of β-amino-alcohol motifs (C(OH)–C–C–N with tert-alkyl or cyclic N) is 1. The zero-order valence-corrected chi connectivity index (χ0v) is 11.2. The third kappa shape index (κ3) is 3.63. The van der Waals surface area contributed by atoms with Gasteiger partial charge in [-0.15, -0.1) is 0 Å². The number of alkyl halides is 2. The third-order valence-electron chi connectivity index (χ3n) is 2.88. The van der Waals surface area contributed by atoms with E-state index in [4.69, 9.17) is 0 Å². The van der Waals surface area contributed by atoms with Crippen LogP contribution in [0.4, 0.5) is 8.78 Å². The molecule has 0 aromatic heterocycles. The van der Waals surface area contributed by atoms with E-state index in [1.54, 1.807) is 12.1 Å². The molecule has 1 atom stereocenters. The van der Waals surface area contributed by atoms with Crippen molar-refractivity contribution in [2.45, 2.75) is 25.7 Å². The maximum Gasteiger partial charge on any atom is 0.387 e. The van der Waals surface area contributed by atoms with Crippen molar-refractivity contribution in [3.8, 4) is 5.75 Å². The van der Waals surface area contributed by atoms with Gasteiger partial charge in [-0.3, -0.25) is 4.90 Å². The number of benzene rings is 1. The van der Waals surface area contributed by atoms with Crippen LogP contribution in [0.25, 0.3) is 0 Å². The van der Waals surface area contributed by atoms with Gasteiger partial charge in [-0.25, -0.2) is 0 Å². The van der Waals surface area contributed by atoms with E-state index >= 15 is 0 Å². The van der Waals surface area contributed by atoms with Gasteiger partial charge in [0.25, 0.3) is 0 Å². The van der Waals surface area contributed by atoms with Crippen molar-refractivity contribution in [3.63, 3.8) is 0 Å². The summed E-state index contributed by atoms with van der Waals surface area (Å²) in [4.78, 5) is 2.02. The molecule has 1 aliphatic heterocycles. The van der Waals surface area contributed by atoms with Crippen LogP contribution in [0.15, 0.2) is 22.7 Å². The van der Waals surface area contributed by atoms with Gasteiger partial charge in [0, 0.05) is 29.7 Å². The molecule has 0 amide bonds. The molecule has 18 heavy (non-hydrogen) atoms. The molecule has 0 unspecified atom stereocenters. The van der Waals surface area contributed by atoms with E-state index in [9.17, 15) is 13.9 Å². The minimum atomic E-state index is -2.82. The Morgan fingerprint density at radius 2 is 2.28 bits per heavy atom. The SMILES string of the molecule is O[C@H]1CCN(Cc2cc(Br)ccc2OC(F)F)C1. The molecule has 2 rings (SSSR count). The highest BCUT2D eigenvalue weighted by Gasteiger charge is 2.21. The summed E-state index contributed by atoms with van der Waals surface area (Å²) in [6, 6.07) is 4.96. The Labute approximate surface area is 112 Å². The standard InChI is InChI=1S/C12H14BrF2NO2/c13-9-1-2-11(18-12(14)15)8(5-9)6-16-4-3-10(17)7-16/h1-2,5,10,12,17H,3-4,6-7H2/t10-/m0/s1. The molecule has 1 fully saturated rings. The Morgan fingerprint density at radius 1 is 1.50 bits per heavy atom. The number of likely N-dealkylation sites (tertiary alicyclic amines) is 1. The molecule has 1 aliphatic rings. The maximum absolute atomic E-state index is 12.3. The summed E-state index contributed by atoms with van der Waals surface area (Å²) in [7, 11) is 0. The topological polar surface area (TPSA) is 32.7 Å². The summed E-state index contributed by atoms with van der Waals surface area (Å²) in [6.07, 6.45) is 0.399. The highest BCUT2D eigenvalue weighted by molar-refractivity contribution is 9.10. The summed E-state index contributed by atoms with van der Waals surface area (Å²) in [5.41, 5.74) is 0.693. The van der Waals surface area contributed by atoms with Gasteiger partial charge in [0.2, 0.25) is 0 Å². The van der Waals surface area contributed by atoms with Crippen LogP contribution in [-0.2, 0) is 6.54 Å². The van der Waals surface area contributed by atoms with Crippen molar-refractivity contribution in [1.29, 1.82) is 0 Å². The summed E-state index contributed by atoms with van der Waals surface area (Å²) >= 11 is 3.31. The fourth-order valence-electron chi connectivity index (χ4n) is 2.08. The molecular formula is C12H14BrF2NO2. The Balaban J connectivity index is 2.11. The first kappa shape index (κ1) is 13.7. The van der Waals surface area contributed by atoms with Crippen molar-refractivity contribution in [1.82, 2.24) is 4.90 Å². The van der Waals surface area contributed by atoms with Crippen molar-refractivity contribution in [2.24, 2.45) is 0 Å². The van der Waals surface area contributed by atoms with E-state index in [-0.39, 0.29) is 11.9 Å². The molecule has 1 aromatic carbocycles. The Hall–Kier alpha value is -0.720. The summed E-state index contributed by atoms with van der Waals surface area (Å²) in [5, 5.41) is 9.44. The van der Waals surface area contributed by atoms with Crippen LogP contribution in [0.5, 0.6) is 5.75 Å². The van der Waals surface area contributed by atoms with Gasteiger partial charge in [0.05, 0.1) is 6.10 Å². The molecule has 1 heterocycles. The van der Waals surface area contributed by atoms with Crippen molar-refractivity contribution < 1.29 is 18.6 Å². The van der Waals surface area contributed by atoms with Crippen molar-refractivity contribution >= 4 is 15.9 Å². The molecule has 100 valence electrons. The van der Waals surface area contributed by atoms with Gasteiger partial charge in [-0.2, -0.15) is 8.78 Å². The van der Waals surface area contributed by atoms with Gasteiger partial charge in [0.1, 0.15) is 5.75 Å². The van der Waals surface area contributed by atoms with Crippen LogP contribution in [-0.4, -0.2) is 35.8 Å². The first-order valence-corrected chi connectivity index (χ1v) is 6.47. The molecule has 0 aliphatic carbocycles. The number of aliphatic hydroxyl groups excluding tert-OH is 1. The fraction of sp³-hybridized carbons (Fsp3) is 0.500. The lowest BCUT2D eigenvalue weighted by molar-refractivity contribution is -0.0507. The highest BCUT2D eigenvalue weighted by atomic mass is 79.9. The van der Waals surface area contributed by atoms with Crippen LogP contribution >= 0.6 is 15.9 Å². The highest BCUT2D eigenvalue weighted by Crippen LogP contribution is 2.27. The summed E-state index contributed by atoms with van der Waals surface area (Å²) < 4.78 is 29.9. The van der Waals surface area contributed by atoms with E-state index in [0.717, 1.165) is 17.4 Å². The minimum absolute atomic E-state index is 0.189. The minimum Gasteiger partial charge on any atom is -0.434 e. The lowest BCUT2D eigenvalue weighted by atomic mass is 10.2. The molecule has 0 radical (unpaired) electrons. The monoisotopic (exact) mass is 321 g/mol. The van der Waals surface area contributed by atoms with Crippen LogP contribution < -0.4 is 4.74 Å². The predicted molar refractivity (Wildman–Crippen MR) is 66.7 cm³/mol. The molecule has 0 bridgehead atoms. The van der Waals surface area contributed by atoms with Crippen LogP contribution in [0.2, 0.25) is 0 Å². The first-order valence-electron chi connectivity index (χ1n) is 5.68. The molecule has 0 saturated carbocycles. The van der Waals surface area contributed by atoms with Gasteiger partial charge in [0.15, 0.2) is 0 Å². The largest absolute Gasteiger partial charge is 0.434 e. The number of hydrogen-bond donors (Lipinski definition) is 1. The van der Waals surface area contributed by atoms with E-state index in [0.29, 0.717) is 18.7 Å². The Kier molecular flexibility index (Phi) is 4.53. The van der Waals surface area contributed by atoms with E-state index in [2.05, 4.69) is 20.7 Å². The zero-order chi connectivity index (χ0) is 13.1. The Morgan fingerprint density at radius 3 is 2.89 bits per heavy atom. The second-order valence-electron chi connectivity index (χ2n) is 4.31. The van der Waals surface area contributed by atoms with E-state index in [1.165, 1.54) is 6.07 Å². The van der Waals surface area contributed by atoms with Crippen LogP contribution in [0.1, 0.15) is 12.0 Å². The molecule has 3 nitrogen and oxygen atoms in total. The maximum atomic E-state index is 12.3. The lowest BCUT2D eigenvalue weighted by Gasteiger charge is -2.18. The van der Waals surface area contributed by atoms with Crippen molar-refractivity contribution in [3.05, 3.63) is 28.2 Å². The quantitative estimate of drug-likeness (QED) is 0.925. The fourth-order valence-corrected chi connectivity index (χ4v) is 2.49. The molecule has 6 heteroatoms. The Bertz CT molecular complexity index is 417. The average Bonchev–Trinajstić information content (AvgIpc) is 2.67. The summed E-state index contributed by atoms with van der Waals surface area (Å²) in [6.45, 7) is -0.991. The number of hydrogen-bond acceptors (Lipinski definition) is 3. The van der Waals surface area contributed by atoms with Crippen LogP contribution in [0.3, 0.4) is 0 Å². The second kappa shape index (κ2) is 5.95. The van der Waals surface area contributed by atoms with Gasteiger partial charge in [-0.05, 0) is 24.6 Å². The molecular weight excluding hydrogens is 308 g/mol. The predicted octanol–water partition coefficient (Wildman–Crippen LogP) is 2.62. The van der Waals surface area contributed by atoms with Crippen LogP contribution in [0, 0.1) is 0 Å². The number of nitrogens with zero attached hydrogens (tertiary/aromatic N) is 1. The number of halogens is 3. The van der Waals surface area contributed by atoms with Gasteiger partial charge < -0.3 is 9.84 Å². The normalized spacial score (nSPS) is 20.6. The number of rotatable bonds is 4. The zero-order valence-electron chi connectivity index (χ0n) is 9.65. The van der Waals surface area contributed by atoms with Crippen molar-refractivity contribution in [2.75, 3.05) is 13.1 Å².